The van der Waals surface area contributed by atoms with Crippen LogP contribution in [-0.4, -0.2) is 32.1 Å². The van der Waals surface area contributed by atoms with E-state index in [1.54, 1.807) is 37.3 Å². The molecule has 0 fully saturated rings. The van der Waals surface area contributed by atoms with Gasteiger partial charge < -0.3 is 19.0 Å². The molecule has 0 saturated heterocycles. The van der Waals surface area contributed by atoms with Crippen molar-refractivity contribution < 1.29 is 32.2 Å². The van der Waals surface area contributed by atoms with Gasteiger partial charge in [-0.2, -0.15) is 0 Å². The molecular weight excluding hydrogens is 458 g/mol. The summed E-state index contributed by atoms with van der Waals surface area (Å²) in [6.07, 6.45) is 0.683. The Labute approximate surface area is 198 Å². The van der Waals surface area contributed by atoms with Crippen LogP contribution in [0.1, 0.15) is 46.9 Å². The predicted octanol–water partition coefficient (Wildman–Crippen LogP) is 4.54. The molecule has 2 aromatic carbocycles. The minimum Gasteiger partial charge on any atom is -0.493 e. The average molecular weight is 486 g/mol. The number of furan rings is 1. The Morgan fingerprint density at radius 1 is 1.15 bits per heavy atom. The normalized spacial score (nSPS) is 12.9. The lowest BCUT2D eigenvalue weighted by Gasteiger charge is -2.30. The summed E-state index contributed by atoms with van der Waals surface area (Å²) in [6, 6.07) is 12.9. The van der Waals surface area contributed by atoms with Gasteiger partial charge in [-0.1, -0.05) is 12.1 Å². The van der Waals surface area contributed by atoms with Crippen LogP contribution in [0, 0.1) is 6.92 Å². The average Bonchev–Trinajstić information content (AvgIpc) is 3.39. The van der Waals surface area contributed by atoms with E-state index < -0.39 is 16.0 Å². The molecule has 0 aliphatic carbocycles. The smallest absolute Gasteiger partial charge is 0.335 e. The van der Waals surface area contributed by atoms with E-state index in [1.165, 1.54) is 16.4 Å². The lowest BCUT2D eigenvalue weighted by molar-refractivity contribution is 0.0696. The van der Waals surface area contributed by atoms with Gasteiger partial charge in [-0.05, 0) is 62.2 Å². The second-order valence-electron chi connectivity index (χ2n) is 8.48. The molecule has 9 heteroatoms. The van der Waals surface area contributed by atoms with Gasteiger partial charge in [0.15, 0.2) is 0 Å². The van der Waals surface area contributed by atoms with Crippen molar-refractivity contribution >= 4 is 21.7 Å². The zero-order valence-electron chi connectivity index (χ0n) is 19.3. The van der Waals surface area contributed by atoms with Gasteiger partial charge in [0.2, 0.25) is 10.0 Å². The van der Waals surface area contributed by atoms with Crippen LogP contribution in [0.3, 0.4) is 0 Å². The number of aryl methyl sites for hydroxylation is 1. The Morgan fingerprint density at radius 2 is 1.88 bits per heavy atom. The van der Waals surface area contributed by atoms with E-state index in [9.17, 15) is 13.2 Å². The van der Waals surface area contributed by atoms with Gasteiger partial charge in [-0.15, -0.1) is 0 Å². The first-order valence-electron chi connectivity index (χ1n) is 11.0. The van der Waals surface area contributed by atoms with Crippen molar-refractivity contribution in [2.45, 2.75) is 45.6 Å². The van der Waals surface area contributed by atoms with Crippen molar-refractivity contribution in [3.05, 3.63) is 76.7 Å². The van der Waals surface area contributed by atoms with Crippen molar-refractivity contribution in [2.75, 3.05) is 10.9 Å². The number of sulfonamides is 1. The van der Waals surface area contributed by atoms with Crippen LogP contribution in [0.5, 0.6) is 11.5 Å². The number of aromatic carboxylic acids is 1. The maximum Gasteiger partial charge on any atom is 0.335 e. The SMILES string of the molecule is Cc1ccc(CS(=O)(=O)N(c2cc3c(cc2OCc2ccc(C(=O)O)cc2)OCC3)C(C)C)o1. The molecule has 3 aromatic rings. The minimum atomic E-state index is -3.80. The van der Waals surface area contributed by atoms with E-state index in [0.29, 0.717) is 41.7 Å². The number of carbonyl (C=O) groups is 1. The number of fused-ring (bicyclic) bond motifs is 1. The largest absolute Gasteiger partial charge is 0.493 e. The number of carboxylic acids is 1. The first kappa shape index (κ1) is 23.7. The molecule has 4 rings (SSSR count). The van der Waals surface area contributed by atoms with Crippen LogP contribution in [-0.2, 0) is 28.8 Å². The van der Waals surface area contributed by atoms with Crippen LogP contribution in [0.2, 0.25) is 0 Å². The molecule has 1 N–H and O–H groups in total. The van der Waals surface area contributed by atoms with Crippen LogP contribution in [0.15, 0.2) is 52.9 Å². The number of hydrogen-bond acceptors (Lipinski definition) is 6. The van der Waals surface area contributed by atoms with Crippen LogP contribution in [0.25, 0.3) is 0 Å². The van der Waals surface area contributed by atoms with E-state index in [-0.39, 0.29) is 24.0 Å². The second-order valence-corrected chi connectivity index (χ2v) is 10.3. The van der Waals surface area contributed by atoms with Crippen molar-refractivity contribution in [1.29, 1.82) is 0 Å². The molecule has 0 spiro atoms. The van der Waals surface area contributed by atoms with E-state index in [2.05, 4.69) is 0 Å². The fourth-order valence-electron chi connectivity index (χ4n) is 3.95. The zero-order chi connectivity index (χ0) is 24.5. The Bertz CT molecular complexity index is 1290. The highest BCUT2D eigenvalue weighted by molar-refractivity contribution is 7.92. The van der Waals surface area contributed by atoms with Crippen molar-refractivity contribution in [2.24, 2.45) is 0 Å². The summed E-state index contributed by atoms with van der Waals surface area (Å²) in [5.41, 5.74) is 2.29. The third-order valence-electron chi connectivity index (χ3n) is 5.49. The number of benzene rings is 2. The summed E-state index contributed by atoms with van der Waals surface area (Å²) in [7, 11) is -3.80. The van der Waals surface area contributed by atoms with Gasteiger partial charge in [-0.3, -0.25) is 4.31 Å². The summed E-state index contributed by atoms with van der Waals surface area (Å²) in [4.78, 5) is 11.1. The van der Waals surface area contributed by atoms with Gasteiger partial charge >= 0.3 is 5.97 Å². The topological polar surface area (TPSA) is 106 Å². The van der Waals surface area contributed by atoms with Gasteiger partial charge in [0.25, 0.3) is 0 Å². The molecule has 1 aromatic heterocycles. The lowest BCUT2D eigenvalue weighted by Crippen LogP contribution is -2.38. The lowest BCUT2D eigenvalue weighted by atomic mass is 10.1. The van der Waals surface area contributed by atoms with Gasteiger partial charge in [0.05, 0.1) is 17.9 Å². The van der Waals surface area contributed by atoms with Crippen LogP contribution >= 0.6 is 0 Å². The monoisotopic (exact) mass is 485 g/mol. The zero-order valence-corrected chi connectivity index (χ0v) is 20.1. The molecular formula is C25H27NO7S. The highest BCUT2D eigenvalue weighted by atomic mass is 32.2. The number of rotatable bonds is 9. The fraction of sp³-hybridized carbons (Fsp3) is 0.320. The second kappa shape index (κ2) is 9.42. The first-order valence-corrected chi connectivity index (χ1v) is 12.6. The molecule has 34 heavy (non-hydrogen) atoms. The number of hydrogen-bond donors (Lipinski definition) is 1. The third-order valence-corrected chi connectivity index (χ3v) is 7.36. The number of carboxylic acid groups (broad SMARTS) is 1. The molecule has 0 saturated carbocycles. The maximum absolute atomic E-state index is 13.5. The van der Waals surface area contributed by atoms with Gasteiger partial charge in [0, 0.05) is 18.5 Å². The Hall–Kier alpha value is -3.46. The van der Waals surface area contributed by atoms with Crippen molar-refractivity contribution in [3.8, 4) is 11.5 Å². The summed E-state index contributed by atoms with van der Waals surface area (Å²) in [6.45, 7) is 6.04. The Balaban J connectivity index is 1.67. The third kappa shape index (κ3) is 5.04. The van der Waals surface area contributed by atoms with Crippen molar-refractivity contribution in [3.63, 3.8) is 0 Å². The minimum absolute atomic E-state index is 0.134. The molecule has 1 aliphatic rings. The summed E-state index contributed by atoms with van der Waals surface area (Å²) >= 11 is 0. The van der Waals surface area contributed by atoms with Crippen LogP contribution < -0.4 is 13.8 Å². The first-order chi connectivity index (χ1) is 16.1. The number of nitrogens with zero attached hydrogens (tertiary/aromatic N) is 1. The Morgan fingerprint density at radius 3 is 2.50 bits per heavy atom. The Kier molecular flexibility index (Phi) is 6.56. The highest BCUT2D eigenvalue weighted by Gasteiger charge is 2.31. The fourth-order valence-corrected chi connectivity index (χ4v) is 5.69. The summed E-state index contributed by atoms with van der Waals surface area (Å²) in [5, 5.41) is 9.09. The molecule has 0 bridgehead atoms. The molecule has 0 atom stereocenters. The van der Waals surface area contributed by atoms with Crippen LogP contribution in [0.4, 0.5) is 5.69 Å². The van der Waals surface area contributed by atoms with Gasteiger partial charge in [-0.25, -0.2) is 13.2 Å². The molecule has 1 aliphatic heterocycles. The van der Waals surface area contributed by atoms with E-state index >= 15 is 0 Å². The van der Waals surface area contributed by atoms with E-state index in [1.807, 2.05) is 19.9 Å². The summed E-state index contributed by atoms with van der Waals surface area (Å²) < 4.78 is 45.7. The molecule has 8 nitrogen and oxygen atoms in total. The highest BCUT2D eigenvalue weighted by Crippen LogP contribution is 2.41. The number of ether oxygens (including phenoxy) is 2. The maximum atomic E-state index is 13.5. The van der Waals surface area contributed by atoms with Gasteiger partial charge in [0.1, 0.15) is 35.4 Å². The predicted molar refractivity (Wildman–Crippen MR) is 127 cm³/mol. The van der Waals surface area contributed by atoms with Crippen molar-refractivity contribution in [1.82, 2.24) is 0 Å². The number of anilines is 1. The molecule has 0 radical (unpaired) electrons. The van der Waals surface area contributed by atoms with E-state index in [0.717, 1.165) is 11.1 Å². The standard InChI is InChI=1S/C25H27NO7S/c1-16(2)26(34(29,30)15-21-9-4-17(3)33-21)22-12-20-10-11-31-23(20)13-24(22)32-14-18-5-7-19(8-6-18)25(27)28/h4-9,12-13,16H,10-11,14-15H2,1-3H3,(H,27,28). The molecule has 180 valence electrons. The molecule has 0 unspecified atom stereocenters. The van der Waals surface area contributed by atoms with E-state index in [4.69, 9.17) is 19.0 Å². The molecule has 0 amide bonds. The molecule has 2 heterocycles. The summed E-state index contributed by atoms with van der Waals surface area (Å²) in [5.74, 6) is 0.777. The quantitative estimate of drug-likeness (QED) is 0.474.